The molecule has 0 saturated heterocycles. The number of nitrogens with one attached hydrogen (secondary N) is 1. The highest BCUT2D eigenvalue weighted by Crippen LogP contribution is 2.28. The van der Waals surface area contributed by atoms with E-state index in [4.69, 9.17) is 15.3 Å². The topological polar surface area (TPSA) is 132 Å². The number of hydrogen-bond donors (Lipinski definition) is 1. The molecule has 0 bridgehead atoms. The lowest BCUT2D eigenvalue weighted by Gasteiger charge is -2.22. The molecule has 1 N–H and O–H groups in total. The van der Waals surface area contributed by atoms with Crippen LogP contribution in [0.5, 0.6) is 5.75 Å². The molecule has 0 unspecified atom stereocenters. The summed E-state index contributed by atoms with van der Waals surface area (Å²) >= 11 is 0. The Morgan fingerprint density at radius 3 is 2.52 bits per heavy atom. The van der Waals surface area contributed by atoms with Crippen LogP contribution in [0.25, 0.3) is 6.08 Å². The number of benzene rings is 2. The fourth-order valence-electron chi connectivity index (χ4n) is 2.84. The van der Waals surface area contributed by atoms with Gasteiger partial charge in [-0.2, -0.15) is 10.5 Å². The van der Waals surface area contributed by atoms with E-state index in [1.807, 2.05) is 19.9 Å². The summed E-state index contributed by atoms with van der Waals surface area (Å²) in [6.07, 6.45) is 1.39. The van der Waals surface area contributed by atoms with Crippen LogP contribution in [0, 0.1) is 32.8 Å². The summed E-state index contributed by atoms with van der Waals surface area (Å²) in [5.41, 5.74) is 1.39. The van der Waals surface area contributed by atoms with Gasteiger partial charge in [-0.15, -0.1) is 0 Å². The van der Waals surface area contributed by atoms with Crippen LogP contribution in [-0.4, -0.2) is 30.5 Å². The van der Waals surface area contributed by atoms with Crippen LogP contribution in [0.4, 0.5) is 17.1 Å². The molecule has 2 rings (SSSR count). The Hall–Kier alpha value is -4.37. The van der Waals surface area contributed by atoms with Gasteiger partial charge < -0.3 is 15.0 Å². The molecule has 9 heteroatoms. The molecule has 0 atom stereocenters. The molecule has 0 saturated carbocycles. The first kappa shape index (κ1) is 22.9. The van der Waals surface area contributed by atoms with Crippen molar-refractivity contribution in [2.24, 2.45) is 0 Å². The Kier molecular flexibility index (Phi) is 8.12. The zero-order chi connectivity index (χ0) is 22.8. The van der Waals surface area contributed by atoms with E-state index in [0.29, 0.717) is 11.3 Å². The van der Waals surface area contributed by atoms with Crippen molar-refractivity contribution in [3.8, 4) is 17.9 Å². The summed E-state index contributed by atoms with van der Waals surface area (Å²) in [5, 5.41) is 31.5. The zero-order valence-corrected chi connectivity index (χ0v) is 17.2. The molecular formula is C22H21N5O4. The Balaban J connectivity index is 2.23. The molecule has 158 valence electrons. The molecule has 2 aromatic carbocycles. The van der Waals surface area contributed by atoms with Crippen molar-refractivity contribution in [2.75, 3.05) is 29.9 Å². The molecule has 0 spiro atoms. The minimum Gasteiger partial charge on any atom is -0.483 e. The van der Waals surface area contributed by atoms with E-state index in [1.54, 1.807) is 24.3 Å². The summed E-state index contributed by atoms with van der Waals surface area (Å²) in [6, 6.07) is 14.5. The van der Waals surface area contributed by atoms with Crippen molar-refractivity contribution < 1.29 is 14.5 Å². The van der Waals surface area contributed by atoms with Gasteiger partial charge in [0.1, 0.15) is 23.5 Å². The van der Waals surface area contributed by atoms with Crippen molar-refractivity contribution >= 4 is 29.0 Å². The van der Waals surface area contributed by atoms with E-state index < -0.39 is 10.8 Å². The van der Waals surface area contributed by atoms with Gasteiger partial charge in [0.2, 0.25) is 0 Å². The number of non-ortho nitro benzene ring substituents is 1. The summed E-state index contributed by atoms with van der Waals surface area (Å²) in [7, 11) is 0. The van der Waals surface area contributed by atoms with E-state index in [2.05, 4.69) is 10.2 Å². The molecule has 31 heavy (non-hydrogen) atoms. The predicted octanol–water partition coefficient (Wildman–Crippen LogP) is 3.89. The van der Waals surface area contributed by atoms with Gasteiger partial charge in [-0.3, -0.25) is 14.9 Å². The molecule has 0 aliphatic rings. The SMILES string of the molecule is CCN(CC)c1ccc(C=C(C#N)C#N)c(OCC(=O)Nc2cccc([N+](=O)[O-])c2)c1. The van der Waals surface area contributed by atoms with Crippen molar-refractivity contribution in [2.45, 2.75) is 13.8 Å². The van der Waals surface area contributed by atoms with Crippen LogP contribution in [0.1, 0.15) is 19.4 Å². The van der Waals surface area contributed by atoms with Gasteiger partial charge in [0, 0.05) is 48.2 Å². The van der Waals surface area contributed by atoms with Gasteiger partial charge in [0.05, 0.1) is 4.92 Å². The number of amides is 1. The second-order valence-electron chi connectivity index (χ2n) is 6.32. The smallest absolute Gasteiger partial charge is 0.271 e. The standard InChI is InChI=1S/C22H21N5O4/c1-3-26(4-2)19-9-8-17(10-16(13-23)14-24)21(12-19)31-15-22(28)25-18-6-5-7-20(11-18)27(29)30/h5-12H,3-4,15H2,1-2H3,(H,25,28). The van der Waals surface area contributed by atoms with Crippen LogP contribution in [0.2, 0.25) is 0 Å². The van der Waals surface area contributed by atoms with E-state index in [9.17, 15) is 14.9 Å². The van der Waals surface area contributed by atoms with Crippen molar-refractivity contribution in [3.63, 3.8) is 0 Å². The highest BCUT2D eigenvalue weighted by molar-refractivity contribution is 5.92. The Bertz CT molecular complexity index is 1060. The molecule has 1 amide bonds. The van der Waals surface area contributed by atoms with E-state index in [1.165, 1.54) is 30.3 Å². The second-order valence-corrected chi connectivity index (χ2v) is 6.32. The van der Waals surface area contributed by atoms with Gasteiger partial charge >= 0.3 is 0 Å². The van der Waals surface area contributed by atoms with Crippen LogP contribution in [0.3, 0.4) is 0 Å². The molecule has 0 radical (unpaired) electrons. The van der Waals surface area contributed by atoms with Gasteiger partial charge in [-0.05, 0) is 38.1 Å². The number of carbonyl (C=O) groups is 1. The number of nitriles is 2. The first-order valence-electron chi connectivity index (χ1n) is 9.49. The van der Waals surface area contributed by atoms with E-state index >= 15 is 0 Å². The largest absolute Gasteiger partial charge is 0.483 e. The minimum absolute atomic E-state index is 0.0958. The number of carbonyl (C=O) groups excluding carboxylic acids is 1. The first-order valence-corrected chi connectivity index (χ1v) is 9.49. The number of nitro benzene ring substituents is 1. The first-order chi connectivity index (χ1) is 14.9. The molecule has 0 aliphatic heterocycles. The maximum absolute atomic E-state index is 12.3. The summed E-state index contributed by atoms with van der Waals surface area (Å²) in [6.45, 7) is 5.18. The highest BCUT2D eigenvalue weighted by atomic mass is 16.6. The third-order valence-electron chi connectivity index (χ3n) is 4.37. The van der Waals surface area contributed by atoms with Gasteiger partial charge in [0.25, 0.3) is 11.6 Å². The lowest BCUT2D eigenvalue weighted by Crippen LogP contribution is -2.22. The average molecular weight is 419 g/mol. The number of rotatable bonds is 9. The number of anilines is 2. The molecular weight excluding hydrogens is 398 g/mol. The molecule has 0 aliphatic carbocycles. The number of nitro groups is 1. The lowest BCUT2D eigenvalue weighted by atomic mass is 10.1. The fraction of sp³-hybridized carbons (Fsp3) is 0.227. The van der Waals surface area contributed by atoms with E-state index in [0.717, 1.165) is 18.8 Å². The molecule has 0 heterocycles. The molecule has 0 fully saturated rings. The second kappa shape index (κ2) is 11.0. The van der Waals surface area contributed by atoms with Crippen LogP contribution in [0.15, 0.2) is 48.0 Å². The number of nitrogens with zero attached hydrogens (tertiary/aromatic N) is 4. The fourth-order valence-corrected chi connectivity index (χ4v) is 2.84. The zero-order valence-electron chi connectivity index (χ0n) is 17.2. The maximum atomic E-state index is 12.3. The third-order valence-corrected chi connectivity index (χ3v) is 4.37. The Labute approximate surface area is 179 Å². The Morgan fingerprint density at radius 1 is 1.19 bits per heavy atom. The van der Waals surface area contributed by atoms with Gasteiger partial charge in [-0.1, -0.05) is 6.07 Å². The monoisotopic (exact) mass is 419 g/mol. The van der Waals surface area contributed by atoms with Crippen LogP contribution in [-0.2, 0) is 4.79 Å². The highest BCUT2D eigenvalue weighted by Gasteiger charge is 2.12. The quantitative estimate of drug-likeness (QED) is 0.370. The minimum atomic E-state index is -0.550. The molecule has 9 nitrogen and oxygen atoms in total. The van der Waals surface area contributed by atoms with Crippen molar-refractivity contribution in [1.82, 2.24) is 0 Å². The maximum Gasteiger partial charge on any atom is 0.271 e. The summed E-state index contributed by atoms with van der Waals surface area (Å²) < 4.78 is 5.68. The van der Waals surface area contributed by atoms with Crippen molar-refractivity contribution in [3.05, 3.63) is 63.7 Å². The summed E-state index contributed by atoms with van der Waals surface area (Å²) in [4.78, 5) is 24.7. The van der Waals surface area contributed by atoms with E-state index in [-0.39, 0.29) is 23.6 Å². The molecule has 2 aromatic rings. The Morgan fingerprint density at radius 2 is 1.90 bits per heavy atom. The van der Waals surface area contributed by atoms with Crippen molar-refractivity contribution in [1.29, 1.82) is 10.5 Å². The predicted molar refractivity (Wildman–Crippen MR) is 116 cm³/mol. The number of hydrogen-bond acceptors (Lipinski definition) is 7. The van der Waals surface area contributed by atoms with Gasteiger partial charge in [-0.25, -0.2) is 0 Å². The normalized spacial score (nSPS) is 9.68. The summed E-state index contributed by atoms with van der Waals surface area (Å²) in [5.74, 6) is -0.175. The third kappa shape index (κ3) is 6.31. The average Bonchev–Trinajstić information content (AvgIpc) is 2.77. The number of allylic oxidation sites excluding steroid dienone is 1. The van der Waals surface area contributed by atoms with Crippen LogP contribution < -0.4 is 15.0 Å². The van der Waals surface area contributed by atoms with Gasteiger partial charge in [0.15, 0.2) is 6.61 Å². The lowest BCUT2D eigenvalue weighted by molar-refractivity contribution is -0.384. The van der Waals surface area contributed by atoms with Crippen LogP contribution >= 0.6 is 0 Å². The number of ether oxygens (including phenoxy) is 1. The molecule has 0 aromatic heterocycles.